The van der Waals surface area contributed by atoms with Crippen molar-refractivity contribution in [2.24, 2.45) is 0 Å². The summed E-state index contributed by atoms with van der Waals surface area (Å²) >= 11 is 0. The van der Waals surface area contributed by atoms with Gasteiger partial charge in [0.15, 0.2) is 19.7 Å². The fourth-order valence-electron chi connectivity index (χ4n) is 8.82. The van der Waals surface area contributed by atoms with Crippen molar-refractivity contribution >= 4 is 50.6 Å². The van der Waals surface area contributed by atoms with Gasteiger partial charge in [0.25, 0.3) is 0 Å². The summed E-state index contributed by atoms with van der Waals surface area (Å²) in [5.41, 5.74) is 7.08. The van der Waals surface area contributed by atoms with E-state index in [0.717, 1.165) is 44.8 Å². The van der Waals surface area contributed by atoms with Gasteiger partial charge in [-0.3, -0.25) is 0 Å². The Balaban J connectivity index is 1.25. The molecule has 0 bridgehead atoms. The van der Waals surface area contributed by atoms with Gasteiger partial charge in [-0.25, -0.2) is 15.0 Å². The summed E-state index contributed by atoms with van der Waals surface area (Å²) in [5.74, 6) is 2.05. The number of hydrogen-bond donors (Lipinski definition) is 0. The van der Waals surface area contributed by atoms with Gasteiger partial charge in [-0.1, -0.05) is 209 Å². The third kappa shape index (κ3) is 6.44. The summed E-state index contributed by atoms with van der Waals surface area (Å²) in [6, 6.07) is 76.9. The van der Waals surface area contributed by atoms with Gasteiger partial charge in [-0.15, -0.1) is 0 Å². The molecule has 2 aromatic heterocycles. The minimum atomic E-state index is -2.77. The first-order chi connectivity index (χ1) is 29.4. The maximum absolute atomic E-state index is 5.31. The van der Waals surface area contributed by atoms with Gasteiger partial charge in [0.2, 0.25) is 0 Å². The zero-order valence-corrected chi connectivity index (χ0v) is 35.0. The highest BCUT2D eigenvalue weighted by molar-refractivity contribution is 7.19. The zero-order valence-electron chi connectivity index (χ0n) is 34.0. The lowest BCUT2D eigenvalue weighted by atomic mass is 9.95. The molecular weight excluding hydrogens is 745 g/mol. The average Bonchev–Trinajstić information content (AvgIpc) is 3.64. The number of benzene rings is 8. The third-order valence-corrected chi connectivity index (χ3v) is 16.4. The molecule has 60 heavy (non-hydrogen) atoms. The van der Waals surface area contributed by atoms with Crippen molar-refractivity contribution in [1.82, 2.24) is 19.5 Å². The summed E-state index contributed by atoms with van der Waals surface area (Å²) in [4.78, 5) is 15.7. The van der Waals surface area contributed by atoms with Crippen molar-refractivity contribution < 1.29 is 0 Å². The minimum absolute atomic E-state index is 0.319. The van der Waals surface area contributed by atoms with E-state index >= 15 is 0 Å². The molecule has 0 atom stereocenters. The first-order valence-corrected chi connectivity index (χ1v) is 22.6. The number of rotatable bonds is 8. The predicted molar refractivity (Wildman–Crippen MR) is 253 cm³/mol. The molecule has 10 rings (SSSR count). The van der Waals surface area contributed by atoms with E-state index in [1.54, 1.807) is 0 Å². The number of para-hydroxylation sites is 2. The average molecular weight is 789 g/mol. The molecule has 10 aromatic rings. The van der Waals surface area contributed by atoms with Crippen LogP contribution < -0.4 is 20.7 Å². The van der Waals surface area contributed by atoms with Crippen molar-refractivity contribution in [3.63, 3.8) is 0 Å². The molecule has 0 fully saturated rings. The van der Waals surface area contributed by atoms with Crippen LogP contribution in [0.5, 0.6) is 0 Å². The van der Waals surface area contributed by atoms with Crippen LogP contribution in [0.25, 0.3) is 61.4 Å². The van der Waals surface area contributed by atoms with Crippen LogP contribution in [0.1, 0.15) is 26.6 Å². The second kappa shape index (κ2) is 15.2. The molecule has 0 saturated heterocycles. The standard InChI is InChI=1S/C55H44N4Si/c1-55(2,3)54-57-52(39-21-8-4-9-22-39)56-53(58-54)48-38-41(35-36-51(48)59-49-33-18-16-31-46(49)47-32-17-19-34-50(47)59)40-23-20-30-45(37-40)60(42-24-10-5-11-25-42,43-26-12-6-13-27-43)44-28-14-7-15-29-44/h4-38H,1-3H3. The molecule has 0 saturated carbocycles. The smallest absolute Gasteiger partial charge is 0.179 e. The summed E-state index contributed by atoms with van der Waals surface area (Å²) < 4.78 is 2.38. The molecule has 0 N–H and O–H groups in total. The van der Waals surface area contributed by atoms with E-state index in [1.165, 1.54) is 31.5 Å². The Labute approximate surface area is 352 Å². The van der Waals surface area contributed by atoms with Gasteiger partial charge in [0.05, 0.1) is 16.7 Å². The van der Waals surface area contributed by atoms with Crippen LogP contribution in [0.3, 0.4) is 0 Å². The van der Waals surface area contributed by atoms with Gasteiger partial charge in [0.1, 0.15) is 5.82 Å². The molecule has 0 radical (unpaired) electrons. The van der Waals surface area contributed by atoms with Gasteiger partial charge in [-0.05, 0) is 56.1 Å². The highest BCUT2D eigenvalue weighted by Gasteiger charge is 2.41. The van der Waals surface area contributed by atoms with Gasteiger partial charge in [0, 0.05) is 27.3 Å². The Morgan fingerprint density at radius 3 is 1.38 bits per heavy atom. The largest absolute Gasteiger partial charge is 0.309 e. The van der Waals surface area contributed by atoms with Crippen molar-refractivity contribution in [2.75, 3.05) is 0 Å². The highest BCUT2D eigenvalue weighted by atomic mass is 28.3. The van der Waals surface area contributed by atoms with Crippen LogP contribution in [0, 0.1) is 0 Å². The zero-order chi connectivity index (χ0) is 40.7. The molecule has 0 spiro atoms. The Morgan fingerprint density at radius 2 is 0.833 bits per heavy atom. The molecule has 0 unspecified atom stereocenters. The van der Waals surface area contributed by atoms with Crippen molar-refractivity contribution in [2.45, 2.75) is 26.2 Å². The van der Waals surface area contributed by atoms with Crippen LogP contribution >= 0.6 is 0 Å². The minimum Gasteiger partial charge on any atom is -0.309 e. The van der Waals surface area contributed by atoms with E-state index in [4.69, 9.17) is 15.0 Å². The van der Waals surface area contributed by atoms with Crippen LogP contribution in [0.15, 0.2) is 212 Å². The molecular formula is C55H44N4Si. The van der Waals surface area contributed by atoms with Crippen molar-refractivity contribution in [3.05, 3.63) is 218 Å². The normalized spacial score (nSPS) is 11.9. The number of hydrogen-bond acceptors (Lipinski definition) is 3. The van der Waals surface area contributed by atoms with E-state index < -0.39 is 8.07 Å². The Morgan fingerprint density at radius 1 is 0.383 bits per heavy atom. The maximum atomic E-state index is 5.31. The van der Waals surface area contributed by atoms with Crippen LogP contribution in [-0.2, 0) is 5.41 Å². The quantitative estimate of drug-likeness (QED) is 0.114. The van der Waals surface area contributed by atoms with Crippen LogP contribution in [0.2, 0.25) is 0 Å². The predicted octanol–water partition coefficient (Wildman–Crippen LogP) is 10.6. The first kappa shape index (κ1) is 37.1. The van der Waals surface area contributed by atoms with Gasteiger partial charge >= 0.3 is 0 Å². The molecule has 0 amide bonds. The monoisotopic (exact) mass is 788 g/mol. The SMILES string of the molecule is CC(C)(C)c1nc(-c2ccccc2)nc(-c2cc(-c3cccc([Si](c4ccccc4)(c4ccccc4)c4ccccc4)c3)ccc2-n2c3ccccc3c3ccccc32)n1. The fourth-order valence-corrected chi connectivity index (χ4v) is 13.6. The van der Waals surface area contributed by atoms with Crippen molar-refractivity contribution in [3.8, 4) is 39.6 Å². The summed E-state index contributed by atoms with van der Waals surface area (Å²) in [6.45, 7) is 6.50. The second-order valence-corrected chi connectivity index (χ2v) is 20.3. The molecule has 0 aliphatic heterocycles. The lowest BCUT2D eigenvalue weighted by Crippen LogP contribution is -2.74. The van der Waals surface area contributed by atoms with E-state index in [-0.39, 0.29) is 5.41 Å². The number of nitrogens with zero attached hydrogens (tertiary/aromatic N) is 4. The highest BCUT2D eigenvalue weighted by Crippen LogP contribution is 2.38. The molecule has 288 valence electrons. The summed E-state index contributed by atoms with van der Waals surface area (Å²) in [7, 11) is -2.77. The topological polar surface area (TPSA) is 43.6 Å². The summed E-state index contributed by atoms with van der Waals surface area (Å²) in [6.07, 6.45) is 0. The van der Waals surface area contributed by atoms with E-state index in [0.29, 0.717) is 11.6 Å². The Hall–Kier alpha value is -7.21. The molecule has 5 heteroatoms. The molecule has 2 heterocycles. The summed E-state index contributed by atoms with van der Waals surface area (Å²) in [5, 5.41) is 7.76. The van der Waals surface area contributed by atoms with E-state index in [9.17, 15) is 0 Å². The molecule has 0 aliphatic rings. The first-order valence-electron chi connectivity index (χ1n) is 20.6. The van der Waals surface area contributed by atoms with Crippen LogP contribution in [-0.4, -0.2) is 27.6 Å². The second-order valence-electron chi connectivity index (χ2n) is 16.5. The Bertz CT molecular complexity index is 2970. The fraction of sp³-hybridized carbons (Fsp3) is 0.0727. The maximum Gasteiger partial charge on any atom is 0.179 e. The van der Waals surface area contributed by atoms with Crippen LogP contribution in [0.4, 0.5) is 0 Å². The molecule has 0 aliphatic carbocycles. The van der Waals surface area contributed by atoms with E-state index in [1.807, 2.05) is 18.2 Å². The Kier molecular flexibility index (Phi) is 9.39. The van der Waals surface area contributed by atoms with Gasteiger partial charge in [-0.2, -0.15) is 0 Å². The third-order valence-electron chi connectivity index (χ3n) is 11.6. The molecule has 8 aromatic carbocycles. The van der Waals surface area contributed by atoms with E-state index in [2.05, 4.69) is 219 Å². The molecule has 4 nitrogen and oxygen atoms in total. The lowest BCUT2D eigenvalue weighted by Gasteiger charge is -2.34. The lowest BCUT2D eigenvalue weighted by molar-refractivity contribution is 0.543. The number of fused-ring (bicyclic) bond motifs is 3. The van der Waals surface area contributed by atoms with Gasteiger partial charge < -0.3 is 4.57 Å². The number of aromatic nitrogens is 4. The van der Waals surface area contributed by atoms with Crippen molar-refractivity contribution in [1.29, 1.82) is 0 Å².